The molecule has 1 unspecified atom stereocenters. The largest absolute Gasteiger partial charge is 0.491 e. The summed E-state index contributed by atoms with van der Waals surface area (Å²) in [6.07, 6.45) is 1.12. The molecule has 4 nitrogen and oxygen atoms in total. The van der Waals surface area contributed by atoms with Crippen molar-refractivity contribution < 1.29 is 9.84 Å². The zero-order valence-electron chi connectivity index (χ0n) is 13.2. The van der Waals surface area contributed by atoms with E-state index in [-0.39, 0.29) is 6.61 Å². The van der Waals surface area contributed by atoms with Crippen molar-refractivity contribution in [2.75, 3.05) is 6.61 Å². The van der Waals surface area contributed by atoms with Crippen molar-refractivity contribution in [1.82, 2.24) is 9.55 Å². The second-order valence-electron chi connectivity index (χ2n) is 5.72. The molecule has 120 valence electrons. The lowest BCUT2D eigenvalue weighted by Crippen LogP contribution is -2.23. The van der Waals surface area contributed by atoms with Crippen LogP contribution in [0.1, 0.15) is 11.1 Å². The lowest BCUT2D eigenvalue weighted by Gasteiger charge is -2.15. The Morgan fingerprint density at radius 3 is 2.65 bits per heavy atom. The highest BCUT2D eigenvalue weighted by Crippen LogP contribution is 2.26. The molecule has 1 heterocycles. The smallest absolute Gasteiger partial charge is 0.120 e. The molecule has 1 N–H and O–H groups in total. The third-order valence-corrected chi connectivity index (χ3v) is 4.38. The van der Waals surface area contributed by atoms with E-state index in [9.17, 15) is 5.11 Å². The Balaban J connectivity index is 1.65. The van der Waals surface area contributed by atoms with E-state index in [1.165, 1.54) is 0 Å². The fourth-order valence-corrected chi connectivity index (χ4v) is 2.73. The third-order valence-electron chi connectivity index (χ3n) is 3.79. The summed E-state index contributed by atoms with van der Waals surface area (Å²) in [4.78, 5) is 4.32. The zero-order valence-corrected chi connectivity index (χ0v) is 13.9. The molecule has 0 aliphatic heterocycles. The van der Waals surface area contributed by atoms with Crippen molar-refractivity contribution >= 4 is 22.6 Å². The molecular weight excluding hydrogens is 312 g/mol. The highest BCUT2D eigenvalue weighted by atomic mass is 35.5. The molecule has 0 aliphatic rings. The lowest BCUT2D eigenvalue weighted by molar-refractivity contribution is 0.0934. The Kier molecular flexibility index (Phi) is 4.55. The predicted octanol–water partition coefficient (Wildman–Crippen LogP) is 3.75. The van der Waals surface area contributed by atoms with Gasteiger partial charge in [0.15, 0.2) is 0 Å². The van der Waals surface area contributed by atoms with Crippen molar-refractivity contribution in [3.63, 3.8) is 0 Å². The minimum atomic E-state index is -0.621. The SMILES string of the molecule is Cc1cc(OCC(O)Cn2cnc3ccccc32)cc(C)c1Cl. The van der Waals surface area contributed by atoms with Gasteiger partial charge in [-0.2, -0.15) is 0 Å². The summed E-state index contributed by atoms with van der Waals surface area (Å²) in [6, 6.07) is 11.6. The fourth-order valence-electron chi connectivity index (χ4n) is 2.62. The van der Waals surface area contributed by atoms with Gasteiger partial charge in [-0.15, -0.1) is 0 Å². The van der Waals surface area contributed by atoms with Crippen LogP contribution in [0.3, 0.4) is 0 Å². The molecule has 23 heavy (non-hydrogen) atoms. The van der Waals surface area contributed by atoms with Crippen molar-refractivity contribution in [3.8, 4) is 5.75 Å². The van der Waals surface area contributed by atoms with Crippen LogP contribution in [0.15, 0.2) is 42.7 Å². The zero-order chi connectivity index (χ0) is 16.4. The number of halogens is 1. The van der Waals surface area contributed by atoms with E-state index in [1.54, 1.807) is 6.33 Å². The molecule has 0 saturated heterocycles. The Labute approximate surface area is 140 Å². The summed E-state index contributed by atoms with van der Waals surface area (Å²) < 4.78 is 7.64. The van der Waals surface area contributed by atoms with E-state index < -0.39 is 6.10 Å². The Morgan fingerprint density at radius 1 is 1.22 bits per heavy atom. The first-order chi connectivity index (χ1) is 11.0. The predicted molar refractivity (Wildman–Crippen MR) is 92.2 cm³/mol. The first-order valence-corrected chi connectivity index (χ1v) is 7.90. The molecule has 0 radical (unpaired) electrons. The normalized spacial score (nSPS) is 12.5. The highest BCUT2D eigenvalue weighted by Gasteiger charge is 2.10. The Hall–Kier alpha value is -2.04. The second-order valence-corrected chi connectivity index (χ2v) is 6.10. The number of fused-ring (bicyclic) bond motifs is 1. The molecule has 0 aliphatic carbocycles. The molecule has 0 amide bonds. The molecule has 5 heteroatoms. The minimum Gasteiger partial charge on any atom is -0.491 e. The molecule has 1 atom stereocenters. The number of ether oxygens (including phenoxy) is 1. The maximum atomic E-state index is 10.2. The van der Waals surface area contributed by atoms with E-state index in [4.69, 9.17) is 16.3 Å². The highest BCUT2D eigenvalue weighted by molar-refractivity contribution is 6.32. The van der Waals surface area contributed by atoms with Gasteiger partial charge in [-0.1, -0.05) is 23.7 Å². The molecule has 0 fully saturated rings. The van der Waals surface area contributed by atoms with Crippen molar-refractivity contribution in [2.24, 2.45) is 0 Å². The first-order valence-electron chi connectivity index (χ1n) is 7.52. The molecule has 3 aromatic rings. The average molecular weight is 331 g/mol. The van der Waals surface area contributed by atoms with Gasteiger partial charge in [-0.05, 0) is 49.2 Å². The number of hydrogen-bond acceptors (Lipinski definition) is 3. The van der Waals surface area contributed by atoms with E-state index in [0.29, 0.717) is 6.54 Å². The van der Waals surface area contributed by atoms with E-state index in [2.05, 4.69) is 4.98 Å². The first kappa shape index (κ1) is 15.8. The van der Waals surface area contributed by atoms with Gasteiger partial charge in [0.2, 0.25) is 0 Å². The van der Waals surface area contributed by atoms with Gasteiger partial charge >= 0.3 is 0 Å². The summed E-state index contributed by atoms with van der Waals surface area (Å²) >= 11 is 6.15. The standard InChI is InChI=1S/C18H19ClN2O2/c1-12-7-15(8-13(2)18(12)19)23-10-14(22)9-21-11-20-16-5-3-4-6-17(16)21/h3-8,11,14,22H,9-10H2,1-2H3. The van der Waals surface area contributed by atoms with Crippen LogP contribution in [-0.2, 0) is 6.54 Å². The monoisotopic (exact) mass is 330 g/mol. The molecule has 2 aromatic carbocycles. The molecular formula is C18H19ClN2O2. The van der Waals surface area contributed by atoms with Crippen LogP contribution in [0, 0.1) is 13.8 Å². The van der Waals surface area contributed by atoms with Crippen LogP contribution in [0.5, 0.6) is 5.75 Å². The van der Waals surface area contributed by atoms with Crippen LogP contribution >= 0.6 is 11.6 Å². The lowest BCUT2D eigenvalue weighted by atomic mass is 10.1. The minimum absolute atomic E-state index is 0.215. The van der Waals surface area contributed by atoms with Crippen LogP contribution in [0.25, 0.3) is 11.0 Å². The second kappa shape index (κ2) is 6.60. The maximum Gasteiger partial charge on any atom is 0.120 e. The summed E-state index contributed by atoms with van der Waals surface area (Å²) in [5.41, 5.74) is 3.86. The third kappa shape index (κ3) is 3.49. The number of benzene rings is 2. The van der Waals surface area contributed by atoms with Gasteiger partial charge in [-0.3, -0.25) is 0 Å². The van der Waals surface area contributed by atoms with Gasteiger partial charge in [0.05, 0.1) is 23.9 Å². The van der Waals surface area contributed by atoms with Gasteiger partial charge in [0.25, 0.3) is 0 Å². The van der Waals surface area contributed by atoms with E-state index in [1.807, 2.05) is 54.8 Å². The summed E-state index contributed by atoms with van der Waals surface area (Å²) in [7, 11) is 0. The van der Waals surface area contributed by atoms with Crippen LogP contribution in [-0.4, -0.2) is 27.4 Å². The molecule has 0 spiro atoms. The molecule has 0 bridgehead atoms. The number of aliphatic hydroxyl groups is 1. The average Bonchev–Trinajstić information content (AvgIpc) is 2.94. The fraction of sp³-hybridized carbons (Fsp3) is 0.278. The summed E-state index contributed by atoms with van der Waals surface area (Å²) in [5.74, 6) is 0.721. The summed E-state index contributed by atoms with van der Waals surface area (Å²) in [6.45, 7) is 4.53. The molecule has 3 rings (SSSR count). The Bertz CT molecular complexity index is 806. The number of aromatic nitrogens is 2. The van der Waals surface area contributed by atoms with Crippen molar-refractivity contribution in [1.29, 1.82) is 0 Å². The van der Waals surface area contributed by atoms with Crippen molar-refractivity contribution in [3.05, 3.63) is 58.9 Å². The number of aryl methyl sites for hydroxylation is 2. The Morgan fingerprint density at radius 2 is 1.91 bits per heavy atom. The molecule has 0 saturated carbocycles. The number of rotatable bonds is 5. The van der Waals surface area contributed by atoms with Gasteiger partial charge in [-0.25, -0.2) is 4.98 Å². The van der Waals surface area contributed by atoms with E-state index in [0.717, 1.165) is 32.9 Å². The van der Waals surface area contributed by atoms with Crippen LogP contribution < -0.4 is 4.74 Å². The van der Waals surface area contributed by atoms with Crippen LogP contribution in [0.4, 0.5) is 0 Å². The van der Waals surface area contributed by atoms with Gasteiger partial charge in [0.1, 0.15) is 18.5 Å². The quantitative estimate of drug-likeness (QED) is 0.775. The number of nitrogens with zero attached hydrogens (tertiary/aromatic N) is 2. The van der Waals surface area contributed by atoms with Gasteiger partial charge in [0, 0.05) is 5.02 Å². The van der Waals surface area contributed by atoms with E-state index >= 15 is 0 Å². The number of imidazole rings is 1. The topological polar surface area (TPSA) is 47.3 Å². The van der Waals surface area contributed by atoms with Gasteiger partial charge < -0.3 is 14.4 Å². The summed E-state index contributed by atoms with van der Waals surface area (Å²) in [5, 5.41) is 11.0. The molecule has 1 aromatic heterocycles. The number of aliphatic hydroxyl groups excluding tert-OH is 1. The maximum absolute atomic E-state index is 10.2. The number of para-hydroxylation sites is 2. The van der Waals surface area contributed by atoms with Crippen LogP contribution in [0.2, 0.25) is 5.02 Å². The van der Waals surface area contributed by atoms with Crippen molar-refractivity contribution in [2.45, 2.75) is 26.5 Å². The number of hydrogen-bond donors (Lipinski definition) is 1.